The van der Waals surface area contributed by atoms with Gasteiger partial charge in [-0.2, -0.15) is 0 Å². The molecule has 0 N–H and O–H groups in total. The molecule has 1 unspecified atom stereocenters. The van der Waals surface area contributed by atoms with Crippen molar-refractivity contribution in [3.63, 3.8) is 0 Å². The highest BCUT2D eigenvalue weighted by molar-refractivity contribution is 8.00. The second kappa shape index (κ2) is 7.49. The number of likely N-dealkylation sites (N-methyl/N-ethyl adjacent to an activating group) is 1. The number of carbonyl (C=O) groups is 1. The van der Waals surface area contributed by atoms with Gasteiger partial charge in [0.15, 0.2) is 0 Å². The Bertz CT molecular complexity index is 720. The SMILES string of the molecule is CC(Sc1ccc(Cl)cc1)C(=O)N1CCN(C)c2ccccc2C1. The molecule has 0 saturated carbocycles. The fourth-order valence-electron chi connectivity index (χ4n) is 2.91. The first kappa shape index (κ1) is 17.2. The van der Waals surface area contributed by atoms with E-state index in [1.54, 1.807) is 11.8 Å². The average Bonchev–Trinajstić information content (AvgIpc) is 2.76. The molecule has 3 rings (SSSR count). The number of carbonyl (C=O) groups excluding carboxylic acids is 1. The minimum Gasteiger partial charge on any atom is -0.373 e. The van der Waals surface area contributed by atoms with E-state index in [9.17, 15) is 4.79 Å². The van der Waals surface area contributed by atoms with Gasteiger partial charge in [0.25, 0.3) is 0 Å². The average molecular weight is 361 g/mol. The van der Waals surface area contributed by atoms with E-state index in [0.717, 1.165) is 18.0 Å². The summed E-state index contributed by atoms with van der Waals surface area (Å²) in [5, 5.41) is 0.590. The Kier molecular flexibility index (Phi) is 5.36. The molecule has 5 heteroatoms. The van der Waals surface area contributed by atoms with Gasteiger partial charge < -0.3 is 9.80 Å². The summed E-state index contributed by atoms with van der Waals surface area (Å²) in [6, 6.07) is 15.9. The zero-order valence-corrected chi connectivity index (χ0v) is 15.5. The molecule has 1 amide bonds. The van der Waals surface area contributed by atoms with Crippen LogP contribution in [0.1, 0.15) is 12.5 Å². The van der Waals surface area contributed by atoms with Crippen LogP contribution in [0.3, 0.4) is 0 Å². The van der Waals surface area contributed by atoms with Crippen molar-refractivity contribution in [3.05, 3.63) is 59.1 Å². The minimum atomic E-state index is -0.123. The van der Waals surface area contributed by atoms with E-state index in [1.807, 2.05) is 48.2 Å². The van der Waals surface area contributed by atoms with Crippen LogP contribution in [-0.2, 0) is 11.3 Å². The maximum atomic E-state index is 12.9. The predicted molar refractivity (Wildman–Crippen MR) is 102 cm³/mol. The lowest BCUT2D eigenvalue weighted by molar-refractivity contribution is -0.130. The van der Waals surface area contributed by atoms with E-state index < -0.39 is 0 Å². The van der Waals surface area contributed by atoms with Crippen molar-refractivity contribution in [2.75, 3.05) is 25.0 Å². The molecule has 0 radical (unpaired) electrons. The number of hydrogen-bond donors (Lipinski definition) is 0. The number of benzene rings is 2. The molecule has 0 spiro atoms. The van der Waals surface area contributed by atoms with Crippen molar-refractivity contribution in [1.82, 2.24) is 4.90 Å². The van der Waals surface area contributed by atoms with Gasteiger partial charge in [-0.25, -0.2) is 0 Å². The molecule has 0 fully saturated rings. The molecular weight excluding hydrogens is 340 g/mol. The van der Waals surface area contributed by atoms with Gasteiger partial charge in [0.05, 0.1) is 5.25 Å². The molecule has 0 saturated heterocycles. The highest BCUT2D eigenvalue weighted by Gasteiger charge is 2.25. The zero-order chi connectivity index (χ0) is 17.1. The number of anilines is 1. The Morgan fingerprint density at radius 1 is 1.12 bits per heavy atom. The molecule has 24 heavy (non-hydrogen) atoms. The van der Waals surface area contributed by atoms with E-state index in [4.69, 9.17) is 11.6 Å². The smallest absolute Gasteiger partial charge is 0.236 e. The van der Waals surface area contributed by atoms with Gasteiger partial charge in [0.2, 0.25) is 5.91 Å². The lowest BCUT2D eigenvalue weighted by Gasteiger charge is -2.24. The summed E-state index contributed by atoms with van der Waals surface area (Å²) >= 11 is 7.50. The van der Waals surface area contributed by atoms with Gasteiger partial charge >= 0.3 is 0 Å². The lowest BCUT2D eigenvalue weighted by atomic mass is 10.1. The third-order valence-corrected chi connectivity index (χ3v) is 5.61. The van der Waals surface area contributed by atoms with Gasteiger partial charge in [0.1, 0.15) is 0 Å². The van der Waals surface area contributed by atoms with Gasteiger partial charge in [-0.15, -0.1) is 11.8 Å². The quantitative estimate of drug-likeness (QED) is 0.762. The predicted octanol–water partition coefficient (Wildman–Crippen LogP) is 4.30. The first-order chi connectivity index (χ1) is 11.5. The van der Waals surface area contributed by atoms with Crippen LogP contribution in [0.4, 0.5) is 5.69 Å². The van der Waals surface area contributed by atoms with Crippen molar-refractivity contribution < 1.29 is 4.79 Å². The fourth-order valence-corrected chi connectivity index (χ4v) is 3.98. The second-order valence-electron chi connectivity index (χ2n) is 6.02. The maximum Gasteiger partial charge on any atom is 0.236 e. The molecule has 0 aliphatic carbocycles. The van der Waals surface area contributed by atoms with E-state index in [2.05, 4.69) is 24.1 Å². The van der Waals surface area contributed by atoms with E-state index in [1.165, 1.54) is 11.3 Å². The molecule has 2 aromatic rings. The Morgan fingerprint density at radius 3 is 2.58 bits per heavy atom. The van der Waals surface area contributed by atoms with Gasteiger partial charge in [-0.1, -0.05) is 29.8 Å². The topological polar surface area (TPSA) is 23.6 Å². The maximum absolute atomic E-state index is 12.9. The summed E-state index contributed by atoms with van der Waals surface area (Å²) in [7, 11) is 2.08. The van der Waals surface area contributed by atoms with Crippen LogP contribution in [-0.4, -0.2) is 36.2 Å². The van der Waals surface area contributed by atoms with Crippen LogP contribution >= 0.6 is 23.4 Å². The summed E-state index contributed by atoms with van der Waals surface area (Å²) in [6.45, 7) is 4.24. The molecule has 1 aliphatic rings. The van der Waals surface area contributed by atoms with Crippen molar-refractivity contribution in [1.29, 1.82) is 0 Å². The monoisotopic (exact) mass is 360 g/mol. The molecule has 1 atom stereocenters. The number of amides is 1. The zero-order valence-electron chi connectivity index (χ0n) is 13.9. The van der Waals surface area contributed by atoms with Crippen molar-refractivity contribution >= 4 is 35.0 Å². The molecule has 1 heterocycles. The molecular formula is C19H21ClN2OS. The molecule has 0 bridgehead atoms. The molecule has 1 aliphatic heterocycles. The number of para-hydroxylation sites is 1. The standard InChI is InChI=1S/C19H21ClN2OS/c1-14(24-17-9-7-16(20)8-10-17)19(23)22-12-11-21(2)18-6-4-3-5-15(18)13-22/h3-10,14H,11-13H2,1-2H3. The highest BCUT2D eigenvalue weighted by atomic mass is 35.5. The lowest BCUT2D eigenvalue weighted by Crippen LogP contribution is -2.38. The summed E-state index contributed by atoms with van der Waals surface area (Å²) in [6.07, 6.45) is 0. The number of thioether (sulfide) groups is 1. The molecule has 0 aromatic heterocycles. The van der Waals surface area contributed by atoms with Gasteiger partial charge in [-0.3, -0.25) is 4.79 Å². The first-order valence-electron chi connectivity index (χ1n) is 8.04. The van der Waals surface area contributed by atoms with Crippen molar-refractivity contribution in [2.45, 2.75) is 23.6 Å². The molecule has 2 aromatic carbocycles. The minimum absolute atomic E-state index is 0.123. The van der Waals surface area contributed by atoms with Gasteiger partial charge in [-0.05, 0) is 42.8 Å². The third-order valence-electron chi connectivity index (χ3n) is 4.26. The van der Waals surface area contributed by atoms with Crippen LogP contribution in [0.25, 0.3) is 0 Å². The number of fused-ring (bicyclic) bond motifs is 1. The Balaban J connectivity index is 1.71. The first-order valence-corrected chi connectivity index (χ1v) is 9.30. The Morgan fingerprint density at radius 2 is 1.83 bits per heavy atom. The highest BCUT2D eigenvalue weighted by Crippen LogP contribution is 2.28. The van der Waals surface area contributed by atoms with Crippen LogP contribution in [0, 0.1) is 0 Å². The summed E-state index contributed by atoms with van der Waals surface area (Å²) < 4.78 is 0. The van der Waals surface area contributed by atoms with Crippen LogP contribution in [0.5, 0.6) is 0 Å². The van der Waals surface area contributed by atoms with Crippen molar-refractivity contribution in [2.24, 2.45) is 0 Å². The van der Waals surface area contributed by atoms with Gasteiger partial charge in [0, 0.05) is 42.3 Å². The molecule has 126 valence electrons. The normalized spacial score (nSPS) is 15.6. The number of nitrogens with zero attached hydrogens (tertiary/aromatic N) is 2. The van der Waals surface area contributed by atoms with Crippen LogP contribution < -0.4 is 4.90 Å². The number of rotatable bonds is 3. The van der Waals surface area contributed by atoms with E-state index >= 15 is 0 Å². The largest absolute Gasteiger partial charge is 0.373 e. The Hall–Kier alpha value is -1.65. The van der Waals surface area contributed by atoms with Crippen LogP contribution in [0.2, 0.25) is 5.02 Å². The third kappa shape index (κ3) is 3.87. The summed E-state index contributed by atoms with van der Waals surface area (Å²) in [5.41, 5.74) is 2.42. The second-order valence-corrected chi connectivity index (χ2v) is 7.87. The summed E-state index contributed by atoms with van der Waals surface area (Å²) in [5.74, 6) is 0.181. The number of halogens is 1. The summed E-state index contributed by atoms with van der Waals surface area (Å²) in [4.78, 5) is 18.2. The van der Waals surface area contributed by atoms with Crippen molar-refractivity contribution in [3.8, 4) is 0 Å². The molecule has 3 nitrogen and oxygen atoms in total. The fraction of sp³-hybridized carbons (Fsp3) is 0.316. The van der Waals surface area contributed by atoms with E-state index in [0.29, 0.717) is 11.6 Å². The van der Waals surface area contributed by atoms with E-state index in [-0.39, 0.29) is 11.2 Å². The Labute approximate surface area is 152 Å². The van der Waals surface area contributed by atoms with Crippen LogP contribution in [0.15, 0.2) is 53.4 Å². The number of hydrogen-bond acceptors (Lipinski definition) is 3.